The molecular formula is C6H5N3Se. The van der Waals surface area contributed by atoms with E-state index in [4.69, 9.17) is 0 Å². The Balaban J connectivity index is 2.48. The first kappa shape index (κ1) is 5.89. The molecule has 0 aliphatic carbocycles. The third kappa shape index (κ3) is 0.916. The quantitative estimate of drug-likeness (QED) is 0.679. The third-order valence-electron chi connectivity index (χ3n) is 1.17. The topological polar surface area (TPSA) is 41.6 Å². The van der Waals surface area contributed by atoms with Gasteiger partial charge in [-0.1, -0.05) is 0 Å². The number of aromatic amines is 1. The molecule has 0 aromatic carbocycles. The molecular weight excluding hydrogens is 193 g/mol. The number of hydrogen-bond acceptors (Lipinski definition) is 2. The van der Waals surface area contributed by atoms with Gasteiger partial charge in [0.2, 0.25) is 0 Å². The molecule has 4 heteroatoms. The Kier molecular flexibility index (Phi) is 1.42. The van der Waals surface area contributed by atoms with E-state index >= 15 is 0 Å². The molecule has 0 aliphatic rings. The van der Waals surface area contributed by atoms with E-state index in [-0.39, 0.29) is 0 Å². The number of hydrogen-bond donors (Lipinski definition) is 1. The Labute approximate surface area is 63.9 Å². The number of H-pyrrole nitrogens is 1. The van der Waals surface area contributed by atoms with Crippen molar-refractivity contribution in [3.05, 3.63) is 23.4 Å². The van der Waals surface area contributed by atoms with Gasteiger partial charge in [-0.2, -0.15) is 0 Å². The summed E-state index contributed by atoms with van der Waals surface area (Å²) in [5.41, 5.74) is 0. The summed E-state index contributed by atoms with van der Waals surface area (Å²) < 4.78 is 1.27. The number of nitrogens with one attached hydrogen (secondary N) is 1. The summed E-state index contributed by atoms with van der Waals surface area (Å²) in [6.45, 7) is 0. The SMILES string of the molecule is c1c[se]c(-c2ncn[nH]2)c1. The normalized spacial score (nSPS) is 10.0. The van der Waals surface area contributed by atoms with Crippen LogP contribution in [0, 0.1) is 0 Å². The summed E-state index contributed by atoms with van der Waals surface area (Å²) in [5, 5.41) is 6.60. The number of nitrogens with zero attached hydrogens (tertiary/aromatic N) is 2. The van der Waals surface area contributed by atoms with Crippen LogP contribution in [0.1, 0.15) is 0 Å². The fourth-order valence-corrected chi connectivity index (χ4v) is 2.15. The van der Waals surface area contributed by atoms with Crippen LogP contribution in [0.25, 0.3) is 10.3 Å². The van der Waals surface area contributed by atoms with Crippen LogP contribution in [-0.4, -0.2) is 29.7 Å². The van der Waals surface area contributed by atoms with Crippen molar-refractivity contribution in [2.24, 2.45) is 0 Å². The molecule has 1 N–H and O–H groups in total. The summed E-state index contributed by atoms with van der Waals surface area (Å²) in [5.74, 6) is 0.907. The molecule has 0 fully saturated rings. The fraction of sp³-hybridized carbons (Fsp3) is 0. The van der Waals surface area contributed by atoms with Crippen LogP contribution in [0.15, 0.2) is 23.4 Å². The second-order valence-corrected chi connectivity index (χ2v) is 3.80. The Morgan fingerprint density at radius 2 is 2.50 bits per heavy atom. The molecule has 10 heavy (non-hydrogen) atoms. The maximum atomic E-state index is 4.04. The minimum atomic E-state index is 0.458. The van der Waals surface area contributed by atoms with Gasteiger partial charge in [-0.15, -0.1) is 0 Å². The zero-order chi connectivity index (χ0) is 6.81. The van der Waals surface area contributed by atoms with Crippen molar-refractivity contribution in [3.8, 4) is 10.3 Å². The van der Waals surface area contributed by atoms with E-state index < -0.39 is 0 Å². The van der Waals surface area contributed by atoms with Gasteiger partial charge in [0.05, 0.1) is 0 Å². The van der Waals surface area contributed by atoms with Crippen molar-refractivity contribution in [1.29, 1.82) is 0 Å². The summed E-state index contributed by atoms with van der Waals surface area (Å²) in [7, 11) is 0. The Bertz CT molecular complexity index is 252. The fourth-order valence-electron chi connectivity index (χ4n) is 0.737. The molecule has 3 nitrogen and oxygen atoms in total. The molecule has 2 aromatic heterocycles. The van der Waals surface area contributed by atoms with Gasteiger partial charge in [-0.05, 0) is 0 Å². The molecule has 2 heterocycles. The van der Waals surface area contributed by atoms with Crippen molar-refractivity contribution in [2.45, 2.75) is 0 Å². The van der Waals surface area contributed by atoms with Gasteiger partial charge >= 0.3 is 63.3 Å². The van der Waals surface area contributed by atoms with E-state index in [1.807, 2.05) is 0 Å². The molecule has 0 saturated heterocycles. The van der Waals surface area contributed by atoms with Crippen LogP contribution < -0.4 is 0 Å². The molecule has 0 spiro atoms. The van der Waals surface area contributed by atoms with Crippen molar-refractivity contribution in [2.75, 3.05) is 0 Å². The van der Waals surface area contributed by atoms with Gasteiger partial charge < -0.3 is 0 Å². The average Bonchev–Trinajstić information content (AvgIpc) is 2.59. The van der Waals surface area contributed by atoms with Gasteiger partial charge in [0.15, 0.2) is 0 Å². The summed E-state index contributed by atoms with van der Waals surface area (Å²) in [6, 6.07) is 4.12. The van der Waals surface area contributed by atoms with Crippen molar-refractivity contribution >= 4 is 14.5 Å². The predicted molar refractivity (Wildman–Crippen MR) is 38.8 cm³/mol. The summed E-state index contributed by atoms with van der Waals surface area (Å²) in [4.78, 5) is 6.20. The van der Waals surface area contributed by atoms with Crippen LogP contribution in [0.5, 0.6) is 0 Å². The first-order valence-electron chi connectivity index (χ1n) is 2.86. The number of aromatic nitrogens is 3. The molecule has 0 radical (unpaired) electrons. The monoisotopic (exact) mass is 199 g/mol. The Morgan fingerprint density at radius 3 is 3.10 bits per heavy atom. The second kappa shape index (κ2) is 2.40. The van der Waals surface area contributed by atoms with E-state index in [0.29, 0.717) is 14.5 Å². The van der Waals surface area contributed by atoms with Gasteiger partial charge in [0, 0.05) is 0 Å². The van der Waals surface area contributed by atoms with Crippen molar-refractivity contribution < 1.29 is 0 Å². The van der Waals surface area contributed by atoms with E-state index in [2.05, 4.69) is 32.3 Å². The molecule has 0 saturated carbocycles. The Hall–Kier alpha value is -0.861. The van der Waals surface area contributed by atoms with E-state index in [1.165, 1.54) is 10.8 Å². The van der Waals surface area contributed by atoms with Gasteiger partial charge in [0.25, 0.3) is 0 Å². The van der Waals surface area contributed by atoms with Crippen LogP contribution >= 0.6 is 0 Å². The van der Waals surface area contributed by atoms with E-state index in [0.717, 1.165) is 5.82 Å². The van der Waals surface area contributed by atoms with Crippen LogP contribution in [-0.2, 0) is 0 Å². The molecule has 2 rings (SSSR count). The molecule has 0 bridgehead atoms. The van der Waals surface area contributed by atoms with Gasteiger partial charge in [-0.3, -0.25) is 0 Å². The summed E-state index contributed by atoms with van der Waals surface area (Å²) in [6.07, 6.45) is 1.53. The van der Waals surface area contributed by atoms with Crippen molar-refractivity contribution in [1.82, 2.24) is 15.2 Å². The molecule has 2 aromatic rings. The predicted octanol–water partition coefficient (Wildman–Crippen LogP) is 0.529. The second-order valence-electron chi connectivity index (χ2n) is 1.81. The zero-order valence-electron chi connectivity index (χ0n) is 5.11. The third-order valence-corrected chi connectivity index (χ3v) is 3.01. The van der Waals surface area contributed by atoms with E-state index in [9.17, 15) is 0 Å². The zero-order valence-corrected chi connectivity index (χ0v) is 6.83. The van der Waals surface area contributed by atoms with Crippen LogP contribution in [0.4, 0.5) is 0 Å². The van der Waals surface area contributed by atoms with E-state index in [1.54, 1.807) is 0 Å². The van der Waals surface area contributed by atoms with Crippen LogP contribution in [0.3, 0.4) is 0 Å². The maximum absolute atomic E-state index is 4.04. The van der Waals surface area contributed by atoms with Crippen LogP contribution in [0.2, 0.25) is 0 Å². The molecule has 0 amide bonds. The number of rotatable bonds is 1. The average molecular weight is 198 g/mol. The summed E-state index contributed by atoms with van der Waals surface area (Å²) >= 11 is 0.458. The molecule has 0 atom stereocenters. The first-order valence-corrected chi connectivity index (χ1v) is 4.70. The molecule has 50 valence electrons. The van der Waals surface area contributed by atoms with Gasteiger partial charge in [-0.25, -0.2) is 0 Å². The minimum absolute atomic E-state index is 0.458. The van der Waals surface area contributed by atoms with Gasteiger partial charge in [0.1, 0.15) is 0 Å². The van der Waals surface area contributed by atoms with Crippen molar-refractivity contribution in [3.63, 3.8) is 0 Å². The first-order chi connectivity index (χ1) is 4.97. The standard InChI is InChI=1S/C6H5N3Se/c1-2-5(10-3-1)6-7-4-8-9-6/h1-4H,(H,7,8,9). The Morgan fingerprint density at radius 1 is 1.50 bits per heavy atom. The molecule has 0 aliphatic heterocycles. The molecule has 0 unspecified atom stereocenters.